The van der Waals surface area contributed by atoms with Gasteiger partial charge in [0.15, 0.2) is 5.12 Å². The van der Waals surface area contributed by atoms with Crippen LogP contribution in [0, 0.1) is 0 Å². The van der Waals surface area contributed by atoms with Crippen molar-refractivity contribution in [3.63, 3.8) is 0 Å². The van der Waals surface area contributed by atoms with Gasteiger partial charge in [-0.15, -0.1) is 0 Å². The molecule has 2 aromatic carbocycles. The van der Waals surface area contributed by atoms with E-state index in [0.29, 0.717) is 8.61 Å². The summed E-state index contributed by atoms with van der Waals surface area (Å²) in [6, 6.07) is 7.59. The molecular weight excluding hydrogens is 706 g/mol. The Labute approximate surface area is 306 Å². The molecule has 0 atom stereocenters. The van der Waals surface area contributed by atoms with Crippen molar-refractivity contribution in [2.24, 2.45) is 0 Å². The van der Waals surface area contributed by atoms with E-state index in [1.807, 2.05) is 0 Å². The van der Waals surface area contributed by atoms with Crippen molar-refractivity contribution < 1.29 is 104 Å². The number of anilines is 2. The smallest absolute Gasteiger partial charge is 0.742 e. The zero-order valence-corrected chi connectivity index (χ0v) is 31.5. The van der Waals surface area contributed by atoms with E-state index in [9.17, 15) is 52.8 Å². The molecule has 244 valence electrons. The SMILES string of the molecule is CC(=O)SCc1cccc(N(C)S(C)(=O)=O)c1C(F)(F)F.CC(=O)[S-].CCc1cccc(N(C)S(C)(=O)=O)c1C(F)(F)F.[K+]. The first-order valence-corrected chi connectivity index (χ1v) is 16.9. The number of hydrogen-bond donors (Lipinski definition) is 0. The molecule has 0 amide bonds. The summed E-state index contributed by atoms with van der Waals surface area (Å²) in [5, 5.41) is -0.565. The molecule has 19 heteroatoms. The Bertz CT molecular complexity index is 1500. The van der Waals surface area contributed by atoms with Gasteiger partial charge in [-0.25, -0.2) is 16.8 Å². The van der Waals surface area contributed by atoms with Crippen molar-refractivity contribution in [3.05, 3.63) is 58.7 Å². The zero-order valence-electron chi connectivity index (χ0n) is 25.1. The molecule has 2 rings (SSSR count). The number of carbonyl (C=O) groups excluding carboxylic acids is 2. The second-order valence-corrected chi connectivity index (χ2v) is 14.5. The van der Waals surface area contributed by atoms with Crippen LogP contribution in [0.5, 0.6) is 0 Å². The van der Waals surface area contributed by atoms with Crippen molar-refractivity contribution >= 4 is 66.0 Å². The van der Waals surface area contributed by atoms with Crippen molar-refractivity contribution in [3.8, 4) is 0 Å². The average Bonchev–Trinajstić information content (AvgIpc) is 2.83. The van der Waals surface area contributed by atoms with Gasteiger partial charge >= 0.3 is 63.7 Å². The Hall–Kier alpha value is -0.934. The van der Waals surface area contributed by atoms with E-state index in [2.05, 4.69) is 12.6 Å². The molecule has 0 heterocycles. The number of halogens is 6. The summed E-state index contributed by atoms with van der Waals surface area (Å²) >= 11 is 4.72. The van der Waals surface area contributed by atoms with Gasteiger partial charge in [-0.2, -0.15) is 26.3 Å². The van der Waals surface area contributed by atoms with Gasteiger partial charge in [-0.1, -0.05) is 43.0 Å². The van der Waals surface area contributed by atoms with Gasteiger partial charge < -0.3 is 17.4 Å². The molecule has 0 bridgehead atoms. The third kappa shape index (κ3) is 15.1. The van der Waals surface area contributed by atoms with Crippen molar-refractivity contribution in [1.82, 2.24) is 0 Å². The molecule has 0 saturated carbocycles. The van der Waals surface area contributed by atoms with Crippen LogP contribution in [-0.2, 0) is 66.8 Å². The first-order chi connectivity index (χ1) is 19.3. The minimum absolute atomic E-state index is 0. The molecule has 2 aromatic rings. The summed E-state index contributed by atoms with van der Waals surface area (Å²) in [7, 11) is -5.39. The standard InChI is InChI=1S/C12H14F3NO3S2.C11H14F3NO2S.C2H4OS.K/c1-8(17)20-7-9-5-4-6-10(11(9)12(13,14)15)16(2)21(3,18)19;1-4-8-6-5-7-9(10(8)11(12,13)14)15(2)18(3,16)17;1-2(3)4;/h4-6H,7H2,1-3H3;5-7H,4H2,1-3H3;1H3,(H,3,4);/q;;;+1/p-1. The van der Waals surface area contributed by atoms with E-state index in [-0.39, 0.29) is 90.6 Å². The van der Waals surface area contributed by atoms with E-state index in [0.717, 1.165) is 50.5 Å². The number of benzene rings is 2. The molecule has 0 aliphatic carbocycles. The zero-order chi connectivity index (χ0) is 34.1. The van der Waals surface area contributed by atoms with Gasteiger partial charge in [-0.3, -0.25) is 13.4 Å². The number of thioether (sulfide) groups is 1. The maximum Gasteiger partial charge on any atom is 1.00 e. The quantitative estimate of drug-likeness (QED) is 0.243. The normalized spacial score (nSPS) is 11.6. The molecule has 44 heavy (non-hydrogen) atoms. The Morgan fingerprint density at radius 3 is 1.36 bits per heavy atom. The maximum atomic E-state index is 13.3. The number of sulfonamides is 2. The number of carbonyl (C=O) groups is 2. The molecule has 8 nitrogen and oxygen atoms in total. The third-order valence-corrected chi connectivity index (χ3v) is 8.55. The molecule has 0 saturated heterocycles. The topological polar surface area (TPSA) is 109 Å². The molecular formula is C25H31F6KN2O6S4. The molecule has 0 aliphatic heterocycles. The third-order valence-electron chi connectivity index (χ3n) is 5.31. The number of hydrogen-bond acceptors (Lipinski definition) is 8. The van der Waals surface area contributed by atoms with Crippen molar-refractivity contribution in [2.75, 3.05) is 35.2 Å². The minimum Gasteiger partial charge on any atom is -0.742 e. The number of nitrogens with zero attached hydrogens (tertiary/aromatic N) is 2. The van der Waals surface area contributed by atoms with Crippen LogP contribution in [0.4, 0.5) is 37.7 Å². The van der Waals surface area contributed by atoms with Crippen LogP contribution in [0.2, 0.25) is 0 Å². The fourth-order valence-electron chi connectivity index (χ4n) is 3.30. The minimum atomic E-state index is -4.72. The molecule has 0 radical (unpaired) electrons. The predicted octanol–water partition coefficient (Wildman–Crippen LogP) is 2.63. The first kappa shape index (κ1) is 45.2. The summed E-state index contributed by atoms with van der Waals surface area (Å²) in [6.45, 7) is 4.19. The van der Waals surface area contributed by atoms with Crippen LogP contribution in [0.1, 0.15) is 43.0 Å². The van der Waals surface area contributed by atoms with Crippen LogP contribution in [0.3, 0.4) is 0 Å². The summed E-state index contributed by atoms with van der Waals surface area (Å²) < 4.78 is 126. The van der Waals surface area contributed by atoms with E-state index < -0.39 is 49.2 Å². The fourth-order valence-corrected chi connectivity index (χ4v) is 4.92. The van der Waals surface area contributed by atoms with Gasteiger partial charge in [0, 0.05) is 31.9 Å². The van der Waals surface area contributed by atoms with Crippen molar-refractivity contribution in [1.29, 1.82) is 0 Å². The summed E-state index contributed by atoms with van der Waals surface area (Å²) in [6.07, 6.45) is -7.43. The second-order valence-electron chi connectivity index (χ2n) is 8.70. The van der Waals surface area contributed by atoms with Gasteiger partial charge in [0.1, 0.15) is 0 Å². The molecule has 0 aromatic heterocycles. The summed E-state index contributed by atoms with van der Waals surface area (Å²) in [5.74, 6) is -0.171. The maximum absolute atomic E-state index is 13.3. The molecule has 0 N–H and O–H groups in total. The van der Waals surface area contributed by atoms with Crippen molar-refractivity contribution in [2.45, 2.75) is 45.3 Å². The Morgan fingerprint density at radius 1 is 0.773 bits per heavy atom. The summed E-state index contributed by atoms with van der Waals surface area (Å²) in [4.78, 5) is 20.2. The molecule has 0 unspecified atom stereocenters. The second kappa shape index (κ2) is 18.4. The fraction of sp³-hybridized carbons (Fsp3) is 0.440. The first-order valence-electron chi connectivity index (χ1n) is 11.8. The Kier molecular flexibility index (Phi) is 18.9. The number of aryl methyl sites for hydroxylation is 1. The largest absolute Gasteiger partial charge is 1.00 e. The Balaban J connectivity index is 0. The molecule has 0 spiro atoms. The van der Waals surface area contributed by atoms with Gasteiger partial charge in [0.05, 0.1) is 35.0 Å². The molecule has 0 fully saturated rings. The van der Waals surface area contributed by atoms with Crippen LogP contribution in [0.25, 0.3) is 0 Å². The van der Waals surface area contributed by atoms with E-state index in [4.69, 9.17) is 0 Å². The number of rotatable bonds is 7. The monoisotopic (exact) mass is 736 g/mol. The van der Waals surface area contributed by atoms with Crippen LogP contribution in [0.15, 0.2) is 36.4 Å². The van der Waals surface area contributed by atoms with Gasteiger partial charge in [0.25, 0.3) is 0 Å². The predicted molar refractivity (Wildman–Crippen MR) is 159 cm³/mol. The van der Waals surface area contributed by atoms with Gasteiger partial charge in [-0.05, 0) is 36.6 Å². The molecule has 0 aliphatic rings. The van der Waals surface area contributed by atoms with Crippen LogP contribution in [-0.4, -0.2) is 53.7 Å². The Morgan fingerprint density at radius 2 is 1.09 bits per heavy atom. The van der Waals surface area contributed by atoms with E-state index >= 15 is 0 Å². The number of alkyl halides is 6. The summed E-state index contributed by atoms with van der Waals surface area (Å²) in [5.41, 5.74) is -2.77. The van der Waals surface area contributed by atoms with E-state index in [1.165, 1.54) is 38.1 Å². The van der Waals surface area contributed by atoms with E-state index in [1.54, 1.807) is 6.92 Å². The van der Waals surface area contributed by atoms with Gasteiger partial charge in [0.2, 0.25) is 20.0 Å². The average molecular weight is 737 g/mol. The van der Waals surface area contributed by atoms with Crippen LogP contribution >= 0.6 is 11.8 Å². The van der Waals surface area contributed by atoms with Crippen LogP contribution < -0.4 is 60.0 Å².